The first-order valence-electron chi connectivity index (χ1n) is 17.0. The largest absolute Gasteiger partial charge is 0.497 e. The summed E-state index contributed by atoms with van der Waals surface area (Å²) in [7, 11) is 1.58. The lowest BCUT2D eigenvalue weighted by atomic mass is 9.85. The zero-order chi connectivity index (χ0) is 35.8. The van der Waals surface area contributed by atoms with Gasteiger partial charge >= 0.3 is 12.1 Å². The highest BCUT2D eigenvalue weighted by atomic mass is 16.6. The van der Waals surface area contributed by atoms with Crippen molar-refractivity contribution in [3.8, 4) is 22.8 Å². The lowest BCUT2D eigenvalue weighted by molar-refractivity contribution is -0.146. The Balaban J connectivity index is 1.33. The molecule has 264 valence electrons. The number of likely N-dealkylation sites (tertiary alicyclic amines) is 1. The molecule has 3 aromatic rings. The summed E-state index contributed by atoms with van der Waals surface area (Å²) in [5.41, 5.74) is -0.0822. The van der Waals surface area contributed by atoms with Gasteiger partial charge in [0, 0.05) is 35.4 Å². The minimum absolute atomic E-state index is 0.00839. The molecule has 0 bridgehead atoms. The quantitative estimate of drug-likeness (QED) is 0.234. The van der Waals surface area contributed by atoms with Crippen molar-refractivity contribution in [2.45, 2.75) is 82.7 Å². The standard InChI is InChI=1S/C38H44N4O8/c1-6-23-20-38(23,35(45)46)41-33(43)30-18-26(21-42(30)34(44)32(37(2,3)4)40-36(47)50-24-13-10-14-24)49-31-19-28(22-11-8-7-9-12-22)39-29-17-25(48-5)15-16-27(29)31/h6-9,11-12,15-17,19,23-24,26,30,32H,1,10,13-14,18,20-21H2,2-5H3,(H,40,47)(H,41,43)(H,45,46)/t23-,26+,30-,32+,38?/m0/s1. The van der Waals surface area contributed by atoms with Crippen LogP contribution in [-0.2, 0) is 19.1 Å². The van der Waals surface area contributed by atoms with Gasteiger partial charge < -0.3 is 34.9 Å². The monoisotopic (exact) mass is 684 g/mol. The van der Waals surface area contributed by atoms with Crippen LogP contribution in [0.15, 0.2) is 67.3 Å². The summed E-state index contributed by atoms with van der Waals surface area (Å²) in [6.07, 6.45) is 2.77. The Morgan fingerprint density at radius 1 is 1.08 bits per heavy atom. The topological polar surface area (TPSA) is 156 Å². The van der Waals surface area contributed by atoms with Gasteiger partial charge in [0.15, 0.2) is 0 Å². The third kappa shape index (κ3) is 6.97. The minimum atomic E-state index is -1.49. The number of alkyl carbamates (subject to hydrolysis) is 1. The van der Waals surface area contributed by atoms with Crippen LogP contribution in [0.2, 0.25) is 0 Å². The SMILES string of the molecule is C=C[C@H]1CC1(NC(=O)[C@@H]1C[C@@H](Oc2cc(-c3ccccc3)nc3cc(OC)ccc23)CN1C(=O)[C@@H](NC(=O)OC1CCC1)C(C)(C)C)C(=O)O. The lowest BCUT2D eigenvalue weighted by Crippen LogP contribution is -2.59. The Kier molecular flexibility index (Phi) is 9.48. The van der Waals surface area contributed by atoms with Crippen LogP contribution >= 0.6 is 0 Å². The van der Waals surface area contributed by atoms with E-state index >= 15 is 0 Å². The Hall–Kier alpha value is -5.13. The molecule has 1 aromatic heterocycles. The number of carboxylic acid groups (broad SMARTS) is 1. The number of hydrogen-bond acceptors (Lipinski definition) is 8. The molecule has 3 aliphatic rings. The van der Waals surface area contributed by atoms with Crippen LogP contribution in [0, 0.1) is 11.3 Å². The van der Waals surface area contributed by atoms with Crippen molar-refractivity contribution in [3.63, 3.8) is 0 Å². The number of fused-ring (bicyclic) bond motifs is 1. The van der Waals surface area contributed by atoms with E-state index in [0.29, 0.717) is 28.1 Å². The van der Waals surface area contributed by atoms with E-state index in [2.05, 4.69) is 17.2 Å². The summed E-state index contributed by atoms with van der Waals surface area (Å²) >= 11 is 0. The van der Waals surface area contributed by atoms with Crippen molar-refractivity contribution in [3.05, 3.63) is 67.3 Å². The molecule has 6 rings (SSSR count). The van der Waals surface area contributed by atoms with Crippen molar-refractivity contribution in [2.75, 3.05) is 13.7 Å². The van der Waals surface area contributed by atoms with E-state index in [1.54, 1.807) is 13.2 Å². The van der Waals surface area contributed by atoms with Gasteiger partial charge in [0.05, 0.1) is 24.9 Å². The van der Waals surface area contributed by atoms with E-state index in [0.717, 1.165) is 24.8 Å². The number of nitrogens with one attached hydrogen (secondary N) is 2. The molecule has 5 atom stereocenters. The number of amides is 3. The first kappa shape index (κ1) is 34.7. The highest BCUT2D eigenvalue weighted by Gasteiger charge is 2.61. The first-order valence-corrected chi connectivity index (χ1v) is 17.0. The van der Waals surface area contributed by atoms with Gasteiger partial charge in [0.1, 0.15) is 41.3 Å². The zero-order valence-electron chi connectivity index (χ0n) is 28.8. The molecule has 3 fully saturated rings. The van der Waals surface area contributed by atoms with Gasteiger partial charge in [-0.05, 0) is 43.2 Å². The fraction of sp³-hybridized carbons (Fsp3) is 0.447. The number of carbonyl (C=O) groups excluding carboxylic acids is 3. The summed E-state index contributed by atoms with van der Waals surface area (Å²) in [5.74, 6) is -1.60. The number of aromatic nitrogens is 1. The summed E-state index contributed by atoms with van der Waals surface area (Å²) in [6.45, 7) is 9.18. The second-order valence-electron chi connectivity index (χ2n) is 14.5. The highest BCUT2D eigenvalue weighted by Crippen LogP contribution is 2.45. The van der Waals surface area contributed by atoms with Crippen LogP contribution in [0.4, 0.5) is 4.79 Å². The van der Waals surface area contributed by atoms with Gasteiger partial charge in [-0.3, -0.25) is 9.59 Å². The van der Waals surface area contributed by atoms with E-state index < -0.39 is 58.9 Å². The van der Waals surface area contributed by atoms with Crippen LogP contribution in [0.5, 0.6) is 11.5 Å². The van der Waals surface area contributed by atoms with Gasteiger partial charge in [0.25, 0.3) is 0 Å². The molecule has 3 N–H and O–H groups in total. The summed E-state index contributed by atoms with van der Waals surface area (Å²) in [5, 5.41) is 16.2. The second-order valence-corrected chi connectivity index (χ2v) is 14.5. The molecule has 12 nitrogen and oxygen atoms in total. The number of carboxylic acids is 1. The summed E-state index contributed by atoms with van der Waals surface area (Å²) in [4.78, 5) is 59.9. The highest BCUT2D eigenvalue weighted by molar-refractivity contribution is 5.96. The molecule has 1 aliphatic heterocycles. The maximum atomic E-state index is 14.4. The molecule has 2 heterocycles. The van der Waals surface area contributed by atoms with Crippen LogP contribution in [0.3, 0.4) is 0 Å². The number of hydrogen-bond donors (Lipinski definition) is 3. The molecule has 0 radical (unpaired) electrons. The van der Waals surface area contributed by atoms with Gasteiger partial charge in [-0.25, -0.2) is 14.6 Å². The lowest BCUT2D eigenvalue weighted by Gasteiger charge is -2.36. The van der Waals surface area contributed by atoms with Gasteiger partial charge in [0.2, 0.25) is 11.8 Å². The third-order valence-electron chi connectivity index (χ3n) is 9.92. The predicted molar refractivity (Wildman–Crippen MR) is 186 cm³/mol. The molecule has 0 spiro atoms. The van der Waals surface area contributed by atoms with Gasteiger partial charge in [-0.2, -0.15) is 0 Å². The minimum Gasteiger partial charge on any atom is -0.497 e. The predicted octanol–water partition coefficient (Wildman–Crippen LogP) is 5.10. The van der Waals surface area contributed by atoms with E-state index in [-0.39, 0.29) is 25.5 Å². The maximum absolute atomic E-state index is 14.4. The smallest absolute Gasteiger partial charge is 0.408 e. The maximum Gasteiger partial charge on any atom is 0.408 e. The Labute approximate surface area is 291 Å². The third-order valence-corrected chi connectivity index (χ3v) is 9.92. The average molecular weight is 685 g/mol. The van der Waals surface area contributed by atoms with E-state index in [4.69, 9.17) is 19.2 Å². The van der Waals surface area contributed by atoms with Crippen molar-refractivity contribution in [2.24, 2.45) is 11.3 Å². The van der Waals surface area contributed by atoms with E-state index in [1.165, 1.54) is 11.0 Å². The Morgan fingerprint density at radius 2 is 1.82 bits per heavy atom. The number of pyridine rings is 1. The molecule has 1 saturated heterocycles. The zero-order valence-corrected chi connectivity index (χ0v) is 28.8. The van der Waals surface area contributed by atoms with Crippen LogP contribution < -0.4 is 20.1 Å². The number of rotatable bonds is 11. The van der Waals surface area contributed by atoms with Crippen LogP contribution in [0.1, 0.15) is 52.9 Å². The Morgan fingerprint density at radius 3 is 2.42 bits per heavy atom. The number of nitrogens with zero attached hydrogens (tertiary/aromatic N) is 2. The molecule has 50 heavy (non-hydrogen) atoms. The van der Waals surface area contributed by atoms with E-state index in [9.17, 15) is 24.3 Å². The molecule has 2 aromatic carbocycles. The van der Waals surface area contributed by atoms with Gasteiger partial charge in [-0.15, -0.1) is 6.58 Å². The van der Waals surface area contributed by atoms with Crippen molar-refractivity contribution in [1.29, 1.82) is 0 Å². The Bertz CT molecular complexity index is 1800. The molecule has 1 unspecified atom stereocenters. The number of methoxy groups -OCH3 is 1. The molecular weight excluding hydrogens is 640 g/mol. The number of benzene rings is 2. The molecule has 12 heteroatoms. The molecule has 2 saturated carbocycles. The van der Waals surface area contributed by atoms with E-state index in [1.807, 2.05) is 69.3 Å². The summed E-state index contributed by atoms with van der Waals surface area (Å²) in [6, 6.07) is 14.8. The van der Waals surface area contributed by atoms with Crippen LogP contribution in [-0.4, -0.2) is 82.4 Å². The number of aliphatic carboxylic acids is 1. The fourth-order valence-corrected chi connectivity index (χ4v) is 6.64. The average Bonchev–Trinajstić information content (AvgIpc) is 3.64. The molecule has 3 amide bonds. The molecular formula is C38H44N4O8. The fourth-order valence-electron chi connectivity index (χ4n) is 6.64. The number of carbonyl (C=O) groups is 4. The van der Waals surface area contributed by atoms with Crippen molar-refractivity contribution < 1.29 is 38.5 Å². The van der Waals surface area contributed by atoms with Crippen molar-refractivity contribution in [1.82, 2.24) is 20.5 Å². The van der Waals surface area contributed by atoms with Crippen LogP contribution in [0.25, 0.3) is 22.2 Å². The van der Waals surface area contributed by atoms with Gasteiger partial charge in [-0.1, -0.05) is 57.2 Å². The first-order chi connectivity index (χ1) is 23.8. The second kappa shape index (κ2) is 13.6. The number of ether oxygens (including phenoxy) is 3. The summed E-state index contributed by atoms with van der Waals surface area (Å²) < 4.78 is 17.6. The molecule has 2 aliphatic carbocycles. The van der Waals surface area contributed by atoms with Crippen molar-refractivity contribution >= 4 is 34.8 Å². The normalized spacial score (nSPS) is 23.7.